The highest BCUT2D eigenvalue weighted by Crippen LogP contribution is 2.00. The topological polar surface area (TPSA) is 61.8 Å². The van der Waals surface area contributed by atoms with Crippen LogP contribution in [0.15, 0.2) is 0 Å². The lowest BCUT2D eigenvalue weighted by molar-refractivity contribution is 0.0992. The monoisotopic (exact) mass is 174 g/mol. The molecule has 1 aliphatic heterocycles. The van der Waals surface area contributed by atoms with Gasteiger partial charge in [-0.3, -0.25) is 0 Å². The van der Waals surface area contributed by atoms with Crippen LogP contribution in [0.1, 0.15) is 0 Å². The van der Waals surface area contributed by atoms with Gasteiger partial charge in [0.1, 0.15) is 0 Å². The molecular formula is C7H14N2O3. The predicted octanol–water partition coefficient (Wildman–Crippen LogP) is -0.981. The van der Waals surface area contributed by atoms with E-state index < -0.39 is 0 Å². The summed E-state index contributed by atoms with van der Waals surface area (Å²) in [7, 11) is 1.36. The number of carbonyl (C=O) groups is 1. The second-order valence-electron chi connectivity index (χ2n) is 2.75. The van der Waals surface area contributed by atoms with Crippen molar-refractivity contribution in [2.45, 2.75) is 6.04 Å². The van der Waals surface area contributed by atoms with Crippen LogP contribution in [0.4, 0.5) is 4.79 Å². The quantitative estimate of drug-likeness (QED) is 0.536. The molecule has 5 heteroatoms. The van der Waals surface area contributed by atoms with Crippen molar-refractivity contribution in [2.75, 3.05) is 33.4 Å². The highest BCUT2D eigenvalue weighted by Gasteiger charge is 2.22. The number of aliphatic hydroxyl groups is 1. The summed E-state index contributed by atoms with van der Waals surface area (Å²) in [6, 6.07) is -0.0159. The molecule has 1 heterocycles. The molecule has 1 atom stereocenters. The lowest BCUT2D eigenvalue weighted by Crippen LogP contribution is -2.53. The number of piperazine rings is 1. The maximum absolute atomic E-state index is 11.0. The van der Waals surface area contributed by atoms with Crippen molar-refractivity contribution in [3.8, 4) is 0 Å². The fourth-order valence-electron chi connectivity index (χ4n) is 1.24. The highest BCUT2D eigenvalue weighted by molar-refractivity contribution is 5.67. The summed E-state index contributed by atoms with van der Waals surface area (Å²) < 4.78 is 4.56. The van der Waals surface area contributed by atoms with Crippen LogP contribution in [0.5, 0.6) is 0 Å². The molecule has 0 aromatic rings. The van der Waals surface area contributed by atoms with Crippen molar-refractivity contribution in [2.24, 2.45) is 0 Å². The molecule has 2 N–H and O–H groups in total. The first-order chi connectivity index (χ1) is 5.77. The number of carbonyl (C=O) groups excluding carboxylic acids is 1. The Balaban J connectivity index is 2.40. The molecule has 5 nitrogen and oxygen atoms in total. The smallest absolute Gasteiger partial charge is 0.409 e. The largest absolute Gasteiger partial charge is 0.453 e. The summed E-state index contributed by atoms with van der Waals surface area (Å²) in [6.07, 6.45) is -0.324. The van der Waals surface area contributed by atoms with Gasteiger partial charge in [-0.25, -0.2) is 4.79 Å². The Bertz CT molecular complexity index is 163. The Kier molecular flexibility index (Phi) is 3.31. The lowest BCUT2D eigenvalue weighted by Gasteiger charge is -2.31. The number of nitrogens with zero attached hydrogens (tertiary/aromatic N) is 1. The summed E-state index contributed by atoms with van der Waals surface area (Å²) in [5.74, 6) is 0. The van der Waals surface area contributed by atoms with Crippen molar-refractivity contribution in [1.82, 2.24) is 10.2 Å². The Hall–Kier alpha value is -0.810. The molecule has 12 heavy (non-hydrogen) atoms. The van der Waals surface area contributed by atoms with Gasteiger partial charge in [-0.2, -0.15) is 0 Å². The first-order valence-corrected chi connectivity index (χ1v) is 3.95. The third-order valence-corrected chi connectivity index (χ3v) is 1.91. The maximum Gasteiger partial charge on any atom is 0.409 e. The molecule has 0 saturated carbocycles. The standard InChI is InChI=1S/C7H14N2O3/c1-12-7(11)9-3-2-8-6(4-9)5-10/h6,8,10H,2-5H2,1H3. The number of rotatable bonds is 1. The number of amides is 1. The molecule has 1 amide bonds. The molecule has 1 saturated heterocycles. The van der Waals surface area contributed by atoms with Crippen LogP contribution in [0.3, 0.4) is 0 Å². The lowest BCUT2D eigenvalue weighted by atomic mass is 10.2. The van der Waals surface area contributed by atoms with Crippen LogP contribution in [-0.2, 0) is 4.74 Å². The molecule has 1 aliphatic rings. The normalized spacial score (nSPS) is 23.8. The number of nitrogens with one attached hydrogen (secondary N) is 1. The minimum atomic E-state index is -0.324. The van der Waals surface area contributed by atoms with Gasteiger partial charge >= 0.3 is 6.09 Å². The first kappa shape index (κ1) is 9.28. The van der Waals surface area contributed by atoms with E-state index >= 15 is 0 Å². The molecule has 0 aliphatic carbocycles. The van der Waals surface area contributed by atoms with Gasteiger partial charge in [-0.1, -0.05) is 0 Å². The Morgan fingerprint density at radius 1 is 1.83 bits per heavy atom. The molecule has 0 radical (unpaired) electrons. The summed E-state index contributed by atoms with van der Waals surface area (Å²) in [4.78, 5) is 12.6. The minimum absolute atomic E-state index is 0.0159. The maximum atomic E-state index is 11.0. The Morgan fingerprint density at radius 2 is 2.58 bits per heavy atom. The van der Waals surface area contributed by atoms with Gasteiger partial charge in [0.15, 0.2) is 0 Å². The fourth-order valence-corrected chi connectivity index (χ4v) is 1.24. The number of aliphatic hydroxyl groups excluding tert-OH is 1. The van der Waals surface area contributed by atoms with E-state index in [1.54, 1.807) is 4.90 Å². The van der Waals surface area contributed by atoms with E-state index in [0.29, 0.717) is 19.6 Å². The molecule has 1 unspecified atom stereocenters. The fraction of sp³-hybridized carbons (Fsp3) is 0.857. The van der Waals surface area contributed by atoms with Gasteiger partial charge in [0.2, 0.25) is 0 Å². The van der Waals surface area contributed by atoms with Crippen LogP contribution in [-0.4, -0.2) is 55.5 Å². The van der Waals surface area contributed by atoms with E-state index in [9.17, 15) is 4.79 Å². The highest BCUT2D eigenvalue weighted by atomic mass is 16.5. The van der Waals surface area contributed by atoms with Gasteiger partial charge in [0.25, 0.3) is 0 Å². The Labute approximate surface area is 71.3 Å². The van der Waals surface area contributed by atoms with Crippen LogP contribution < -0.4 is 5.32 Å². The Morgan fingerprint density at radius 3 is 3.17 bits per heavy atom. The molecule has 0 spiro atoms. The molecule has 1 rings (SSSR count). The minimum Gasteiger partial charge on any atom is -0.453 e. The average Bonchev–Trinajstić information content (AvgIpc) is 2.17. The van der Waals surface area contributed by atoms with Crippen LogP contribution in [0, 0.1) is 0 Å². The third kappa shape index (κ3) is 2.09. The molecular weight excluding hydrogens is 160 g/mol. The van der Waals surface area contributed by atoms with Crippen molar-refractivity contribution in [1.29, 1.82) is 0 Å². The van der Waals surface area contributed by atoms with Crippen LogP contribution >= 0.6 is 0 Å². The van der Waals surface area contributed by atoms with Crippen molar-refractivity contribution >= 4 is 6.09 Å². The molecule has 70 valence electrons. The van der Waals surface area contributed by atoms with Crippen molar-refractivity contribution in [3.63, 3.8) is 0 Å². The zero-order valence-electron chi connectivity index (χ0n) is 7.12. The van der Waals surface area contributed by atoms with Gasteiger partial charge in [0, 0.05) is 25.7 Å². The van der Waals surface area contributed by atoms with Crippen LogP contribution in [0.2, 0.25) is 0 Å². The third-order valence-electron chi connectivity index (χ3n) is 1.91. The van der Waals surface area contributed by atoms with E-state index in [2.05, 4.69) is 10.1 Å². The van der Waals surface area contributed by atoms with Crippen molar-refractivity contribution in [3.05, 3.63) is 0 Å². The molecule has 1 fully saturated rings. The zero-order chi connectivity index (χ0) is 8.97. The zero-order valence-corrected chi connectivity index (χ0v) is 7.12. The summed E-state index contributed by atoms with van der Waals surface area (Å²) in [6.45, 7) is 1.92. The van der Waals surface area contributed by atoms with Crippen molar-refractivity contribution < 1.29 is 14.6 Å². The van der Waals surface area contributed by atoms with Gasteiger partial charge in [0.05, 0.1) is 13.7 Å². The SMILES string of the molecule is COC(=O)N1CCNC(CO)C1. The van der Waals surface area contributed by atoms with Gasteiger partial charge in [-0.05, 0) is 0 Å². The van der Waals surface area contributed by atoms with E-state index in [0.717, 1.165) is 0 Å². The molecule has 0 aromatic heterocycles. The molecule has 0 bridgehead atoms. The summed E-state index contributed by atoms with van der Waals surface area (Å²) in [5.41, 5.74) is 0. The predicted molar refractivity (Wildman–Crippen MR) is 42.9 cm³/mol. The average molecular weight is 174 g/mol. The number of hydrogen-bond acceptors (Lipinski definition) is 4. The second-order valence-corrected chi connectivity index (χ2v) is 2.75. The second kappa shape index (κ2) is 4.27. The number of hydrogen-bond donors (Lipinski definition) is 2. The summed E-state index contributed by atoms with van der Waals surface area (Å²) >= 11 is 0. The number of methoxy groups -OCH3 is 1. The van der Waals surface area contributed by atoms with E-state index in [4.69, 9.17) is 5.11 Å². The van der Waals surface area contributed by atoms with E-state index in [1.165, 1.54) is 7.11 Å². The number of ether oxygens (including phenoxy) is 1. The summed E-state index contributed by atoms with van der Waals surface area (Å²) in [5, 5.41) is 11.9. The van der Waals surface area contributed by atoms with E-state index in [1.807, 2.05) is 0 Å². The molecule has 0 aromatic carbocycles. The van der Waals surface area contributed by atoms with E-state index in [-0.39, 0.29) is 18.7 Å². The van der Waals surface area contributed by atoms with Crippen LogP contribution in [0.25, 0.3) is 0 Å². The van der Waals surface area contributed by atoms with Gasteiger partial charge in [-0.15, -0.1) is 0 Å². The first-order valence-electron chi connectivity index (χ1n) is 3.95. The van der Waals surface area contributed by atoms with Gasteiger partial charge < -0.3 is 20.1 Å².